The summed E-state index contributed by atoms with van der Waals surface area (Å²) in [4.78, 5) is 4.24. The molecule has 0 aliphatic carbocycles. The molecule has 4 rings (SSSR count). The van der Waals surface area contributed by atoms with E-state index < -0.39 is 5.82 Å². The molecule has 8 heteroatoms. The minimum absolute atomic E-state index is 0.0876. The van der Waals surface area contributed by atoms with Crippen molar-refractivity contribution in [2.75, 3.05) is 0 Å². The molecule has 0 spiro atoms. The van der Waals surface area contributed by atoms with Crippen LogP contribution in [0.1, 0.15) is 5.76 Å². The van der Waals surface area contributed by atoms with E-state index in [0.29, 0.717) is 28.7 Å². The van der Waals surface area contributed by atoms with Gasteiger partial charge in [0.1, 0.15) is 29.8 Å². The predicted molar refractivity (Wildman–Crippen MR) is 93.1 cm³/mol. The highest BCUT2D eigenvalue weighted by Gasteiger charge is 2.15. The molecule has 4 aromatic rings. The maximum absolute atomic E-state index is 13.0. The first-order chi connectivity index (χ1) is 13.1. The summed E-state index contributed by atoms with van der Waals surface area (Å²) in [6.07, 6.45) is 0. The number of furan rings is 1. The summed E-state index contributed by atoms with van der Waals surface area (Å²) in [6, 6.07) is 12.9. The highest BCUT2D eigenvalue weighted by atomic mass is 35.5. The zero-order valence-corrected chi connectivity index (χ0v) is 14.4. The molecule has 0 unspecified atom stereocenters. The van der Waals surface area contributed by atoms with Crippen LogP contribution in [0.25, 0.3) is 23.0 Å². The van der Waals surface area contributed by atoms with Crippen LogP contribution in [0, 0.1) is 11.6 Å². The third-order valence-electron chi connectivity index (χ3n) is 3.66. The number of halogens is 3. The molecule has 2 aromatic heterocycles. The topological polar surface area (TPSA) is 61.3 Å². The van der Waals surface area contributed by atoms with E-state index in [1.54, 1.807) is 24.3 Å². The zero-order chi connectivity index (χ0) is 18.8. The van der Waals surface area contributed by atoms with E-state index in [4.69, 9.17) is 25.3 Å². The first-order valence-corrected chi connectivity index (χ1v) is 8.23. The third-order valence-corrected chi connectivity index (χ3v) is 3.96. The standard InChI is InChI=1S/C19H11ClF2N2O3/c20-15-9-13(22)5-7-16(15)25-10-14-6-8-17(26-14)19-23-18(24-27-19)11-1-3-12(21)4-2-11/h1-9H,10H2. The van der Waals surface area contributed by atoms with Gasteiger partial charge in [-0.25, -0.2) is 8.78 Å². The summed E-state index contributed by atoms with van der Waals surface area (Å²) >= 11 is 5.92. The molecule has 136 valence electrons. The van der Waals surface area contributed by atoms with Gasteiger partial charge in [0.25, 0.3) is 5.89 Å². The molecule has 0 atom stereocenters. The molecule has 0 aliphatic rings. The Balaban J connectivity index is 1.47. The van der Waals surface area contributed by atoms with E-state index in [9.17, 15) is 8.78 Å². The zero-order valence-electron chi connectivity index (χ0n) is 13.7. The fourth-order valence-electron chi connectivity index (χ4n) is 2.35. The SMILES string of the molecule is Fc1ccc(-c2noc(-c3ccc(COc4ccc(F)cc4Cl)o3)n2)cc1. The number of hydrogen-bond donors (Lipinski definition) is 0. The Morgan fingerprint density at radius 2 is 1.74 bits per heavy atom. The van der Waals surface area contributed by atoms with Gasteiger partial charge in [0, 0.05) is 5.56 Å². The number of aromatic nitrogens is 2. The summed E-state index contributed by atoms with van der Waals surface area (Å²) in [5.74, 6) is 0.900. The lowest BCUT2D eigenvalue weighted by atomic mass is 10.2. The molecular weight excluding hydrogens is 378 g/mol. The van der Waals surface area contributed by atoms with Gasteiger partial charge in [-0.15, -0.1) is 0 Å². The van der Waals surface area contributed by atoms with Crippen LogP contribution in [0.5, 0.6) is 5.75 Å². The molecular formula is C19H11ClF2N2O3. The molecule has 27 heavy (non-hydrogen) atoms. The largest absolute Gasteiger partial charge is 0.484 e. The van der Waals surface area contributed by atoms with Gasteiger partial charge in [-0.05, 0) is 54.6 Å². The van der Waals surface area contributed by atoms with Gasteiger partial charge in [-0.2, -0.15) is 4.98 Å². The van der Waals surface area contributed by atoms with Crippen molar-refractivity contribution in [3.8, 4) is 28.8 Å². The van der Waals surface area contributed by atoms with Crippen molar-refractivity contribution in [2.45, 2.75) is 6.61 Å². The average molecular weight is 389 g/mol. The van der Waals surface area contributed by atoms with Crippen LogP contribution in [0.3, 0.4) is 0 Å². The molecule has 0 aliphatic heterocycles. The average Bonchev–Trinajstić information content (AvgIpc) is 3.31. The number of benzene rings is 2. The Morgan fingerprint density at radius 3 is 2.52 bits per heavy atom. The van der Waals surface area contributed by atoms with E-state index in [1.807, 2.05) is 0 Å². The molecule has 2 heterocycles. The predicted octanol–water partition coefficient (Wildman–Crippen LogP) is 5.51. The Labute approximate surface area is 157 Å². The van der Waals surface area contributed by atoms with Crippen LogP contribution >= 0.6 is 11.6 Å². The molecule has 0 amide bonds. The molecule has 0 fully saturated rings. The fourth-order valence-corrected chi connectivity index (χ4v) is 2.57. The smallest absolute Gasteiger partial charge is 0.293 e. The second-order valence-electron chi connectivity index (χ2n) is 5.56. The summed E-state index contributed by atoms with van der Waals surface area (Å²) < 4.78 is 42.4. The van der Waals surface area contributed by atoms with Crippen molar-refractivity contribution >= 4 is 11.6 Å². The van der Waals surface area contributed by atoms with Crippen molar-refractivity contribution < 1.29 is 22.5 Å². The Bertz CT molecular complexity index is 1080. The van der Waals surface area contributed by atoms with Crippen LogP contribution in [-0.4, -0.2) is 10.1 Å². The lowest BCUT2D eigenvalue weighted by Gasteiger charge is -2.05. The minimum Gasteiger partial charge on any atom is -0.484 e. The van der Waals surface area contributed by atoms with E-state index in [-0.39, 0.29) is 23.3 Å². The fraction of sp³-hybridized carbons (Fsp3) is 0.0526. The van der Waals surface area contributed by atoms with Crippen molar-refractivity contribution in [1.82, 2.24) is 10.1 Å². The second-order valence-corrected chi connectivity index (χ2v) is 5.97. The minimum atomic E-state index is -0.444. The lowest BCUT2D eigenvalue weighted by molar-refractivity contribution is 0.270. The van der Waals surface area contributed by atoms with Crippen molar-refractivity contribution in [3.63, 3.8) is 0 Å². The molecule has 2 aromatic carbocycles. The third kappa shape index (κ3) is 3.83. The monoisotopic (exact) mass is 388 g/mol. The van der Waals surface area contributed by atoms with E-state index >= 15 is 0 Å². The van der Waals surface area contributed by atoms with Crippen LogP contribution in [0.2, 0.25) is 5.02 Å². The van der Waals surface area contributed by atoms with Crippen LogP contribution in [-0.2, 0) is 6.61 Å². The Kier molecular flexibility index (Phi) is 4.60. The van der Waals surface area contributed by atoms with Crippen LogP contribution < -0.4 is 4.74 Å². The van der Waals surface area contributed by atoms with Gasteiger partial charge in [0.2, 0.25) is 5.82 Å². The maximum Gasteiger partial charge on any atom is 0.293 e. The van der Waals surface area contributed by atoms with Gasteiger partial charge < -0.3 is 13.7 Å². The van der Waals surface area contributed by atoms with Crippen molar-refractivity contribution in [1.29, 1.82) is 0 Å². The summed E-state index contributed by atoms with van der Waals surface area (Å²) in [7, 11) is 0. The van der Waals surface area contributed by atoms with E-state index in [0.717, 1.165) is 0 Å². The van der Waals surface area contributed by atoms with E-state index in [1.165, 1.54) is 30.3 Å². The van der Waals surface area contributed by atoms with Gasteiger partial charge in [-0.3, -0.25) is 0 Å². The molecule has 0 N–H and O–H groups in total. The molecule has 0 saturated carbocycles. The maximum atomic E-state index is 13.0. The van der Waals surface area contributed by atoms with Crippen LogP contribution in [0.4, 0.5) is 8.78 Å². The van der Waals surface area contributed by atoms with Gasteiger partial charge >= 0.3 is 0 Å². The molecule has 0 bridgehead atoms. The van der Waals surface area contributed by atoms with Gasteiger partial charge in [-0.1, -0.05) is 16.8 Å². The number of nitrogens with zero attached hydrogens (tertiary/aromatic N) is 2. The number of ether oxygens (including phenoxy) is 1. The first-order valence-electron chi connectivity index (χ1n) is 7.85. The number of rotatable bonds is 5. The Morgan fingerprint density at radius 1 is 0.963 bits per heavy atom. The summed E-state index contributed by atoms with van der Waals surface area (Å²) in [5.41, 5.74) is 0.618. The Hall–Kier alpha value is -3.19. The summed E-state index contributed by atoms with van der Waals surface area (Å²) in [5, 5.41) is 4.03. The molecule has 0 saturated heterocycles. The van der Waals surface area contributed by atoms with Gasteiger partial charge in [0.15, 0.2) is 5.76 Å². The highest BCUT2D eigenvalue weighted by Crippen LogP contribution is 2.27. The van der Waals surface area contributed by atoms with E-state index in [2.05, 4.69) is 10.1 Å². The number of hydrogen-bond acceptors (Lipinski definition) is 5. The van der Waals surface area contributed by atoms with Crippen LogP contribution in [0.15, 0.2) is 63.5 Å². The van der Waals surface area contributed by atoms with Crippen molar-refractivity contribution in [3.05, 3.63) is 77.0 Å². The molecule has 0 radical (unpaired) electrons. The molecule has 5 nitrogen and oxygen atoms in total. The lowest BCUT2D eigenvalue weighted by Crippen LogP contribution is -1.94. The quantitative estimate of drug-likeness (QED) is 0.451. The second kappa shape index (κ2) is 7.20. The highest BCUT2D eigenvalue weighted by molar-refractivity contribution is 6.32. The van der Waals surface area contributed by atoms with Crippen molar-refractivity contribution in [2.24, 2.45) is 0 Å². The first kappa shape index (κ1) is 17.2. The van der Waals surface area contributed by atoms with Gasteiger partial charge in [0.05, 0.1) is 5.02 Å². The normalized spacial score (nSPS) is 10.9. The summed E-state index contributed by atoms with van der Waals surface area (Å²) in [6.45, 7) is 0.0876.